The van der Waals surface area contributed by atoms with Crippen LogP contribution in [0.4, 0.5) is 0 Å². The third kappa shape index (κ3) is 4.90. The number of carboxylic acid groups (broad SMARTS) is 1. The van der Waals surface area contributed by atoms with Crippen molar-refractivity contribution in [3.05, 3.63) is 58.6 Å². The Morgan fingerprint density at radius 1 is 1.21 bits per heavy atom. The van der Waals surface area contributed by atoms with Crippen molar-refractivity contribution in [2.75, 3.05) is 0 Å². The first kappa shape index (κ1) is 18.6. The summed E-state index contributed by atoms with van der Waals surface area (Å²) in [4.78, 5) is 29.4. The standard InChI is InChI=1S/C16H17ClNO5P/c17-15-12(8-14(18)16(19)20)6-10(9-24(21,22)23)7-13(15)11-4-2-1-3-5-11/h1-7,14H,8-9,18H2,(H,19,20)(H2,21,22,23)/t14-/m0/s1. The molecule has 0 fully saturated rings. The van der Waals surface area contributed by atoms with E-state index >= 15 is 0 Å². The molecule has 2 aromatic carbocycles. The summed E-state index contributed by atoms with van der Waals surface area (Å²) < 4.78 is 11.3. The van der Waals surface area contributed by atoms with Crippen molar-refractivity contribution >= 4 is 25.2 Å². The molecule has 0 saturated carbocycles. The Morgan fingerprint density at radius 2 is 1.83 bits per heavy atom. The number of carboxylic acids is 1. The number of hydrogen-bond donors (Lipinski definition) is 4. The van der Waals surface area contributed by atoms with E-state index in [1.165, 1.54) is 6.07 Å². The van der Waals surface area contributed by atoms with Gasteiger partial charge in [-0.15, -0.1) is 0 Å². The Labute approximate surface area is 144 Å². The molecule has 0 radical (unpaired) electrons. The van der Waals surface area contributed by atoms with Gasteiger partial charge in [0.05, 0.1) is 11.2 Å². The number of carbonyl (C=O) groups is 1. The molecule has 5 N–H and O–H groups in total. The van der Waals surface area contributed by atoms with Gasteiger partial charge < -0.3 is 20.6 Å². The Kier molecular flexibility index (Phi) is 5.80. The van der Waals surface area contributed by atoms with Gasteiger partial charge in [-0.1, -0.05) is 48.0 Å². The van der Waals surface area contributed by atoms with Crippen LogP contribution in [0.2, 0.25) is 5.02 Å². The van der Waals surface area contributed by atoms with Crippen LogP contribution in [0.15, 0.2) is 42.5 Å². The molecule has 6 nitrogen and oxygen atoms in total. The van der Waals surface area contributed by atoms with E-state index in [4.69, 9.17) is 22.4 Å². The van der Waals surface area contributed by atoms with Gasteiger partial charge in [0.2, 0.25) is 0 Å². The first-order chi connectivity index (χ1) is 11.2. The van der Waals surface area contributed by atoms with Crippen LogP contribution in [0.1, 0.15) is 11.1 Å². The highest BCUT2D eigenvalue weighted by atomic mass is 35.5. The van der Waals surface area contributed by atoms with E-state index in [9.17, 15) is 19.1 Å². The molecule has 2 aromatic rings. The third-order valence-electron chi connectivity index (χ3n) is 3.44. The summed E-state index contributed by atoms with van der Waals surface area (Å²) in [5.74, 6) is -1.17. The van der Waals surface area contributed by atoms with Crippen LogP contribution in [0.25, 0.3) is 11.1 Å². The third-order valence-corrected chi connectivity index (χ3v) is 4.66. The monoisotopic (exact) mass is 369 g/mol. The molecule has 8 heteroatoms. The molecular weight excluding hydrogens is 353 g/mol. The molecule has 24 heavy (non-hydrogen) atoms. The van der Waals surface area contributed by atoms with Crippen LogP contribution < -0.4 is 5.73 Å². The van der Waals surface area contributed by atoms with Crippen molar-refractivity contribution in [1.29, 1.82) is 0 Å². The maximum atomic E-state index is 11.3. The van der Waals surface area contributed by atoms with Crippen molar-refractivity contribution in [2.24, 2.45) is 5.73 Å². The molecular formula is C16H17ClNO5P. The van der Waals surface area contributed by atoms with E-state index in [1.807, 2.05) is 30.3 Å². The fourth-order valence-electron chi connectivity index (χ4n) is 2.38. The Balaban J connectivity index is 2.55. The molecule has 0 aliphatic heterocycles. The van der Waals surface area contributed by atoms with Crippen molar-refractivity contribution in [3.63, 3.8) is 0 Å². The molecule has 0 aromatic heterocycles. The normalized spacial score (nSPS) is 12.8. The zero-order valence-electron chi connectivity index (χ0n) is 12.6. The molecule has 0 heterocycles. The van der Waals surface area contributed by atoms with Crippen molar-refractivity contribution in [2.45, 2.75) is 18.6 Å². The number of halogens is 1. The van der Waals surface area contributed by atoms with Crippen LogP contribution in [0.3, 0.4) is 0 Å². The van der Waals surface area contributed by atoms with Gasteiger partial charge in [-0.3, -0.25) is 9.36 Å². The van der Waals surface area contributed by atoms with Crippen molar-refractivity contribution in [3.8, 4) is 11.1 Å². The lowest BCUT2D eigenvalue weighted by Crippen LogP contribution is -2.32. The van der Waals surface area contributed by atoms with Crippen LogP contribution in [-0.4, -0.2) is 26.9 Å². The Hall–Kier alpha value is -1.69. The molecule has 0 aliphatic rings. The highest BCUT2D eigenvalue weighted by Gasteiger charge is 2.20. The van der Waals surface area contributed by atoms with E-state index in [0.29, 0.717) is 21.7 Å². The van der Waals surface area contributed by atoms with Gasteiger partial charge in [-0.05, 0) is 29.2 Å². The van der Waals surface area contributed by atoms with E-state index in [-0.39, 0.29) is 6.42 Å². The van der Waals surface area contributed by atoms with E-state index in [0.717, 1.165) is 5.56 Å². The first-order valence-electron chi connectivity index (χ1n) is 7.07. The average Bonchev–Trinajstić information content (AvgIpc) is 2.49. The van der Waals surface area contributed by atoms with Gasteiger partial charge in [-0.2, -0.15) is 0 Å². The van der Waals surface area contributed by atoms with Crippen LogP contribution >= 0.6 is 19.2 Å². The lowest BCUT2D eigenvalue weighted by molar-refractivity contribution is -0.138. The topological polar surface area (TPSA) is 121 Å². The Morgan fingerprint density at radius 3 is 2.38 bits per heavy atom. The summed E-state index contributed by atoms with van der Waals surface area (Å²) in [5, 5.41) is 9.31. The summed E-state index contributed by atoms with van der Waals surface area (Å²) in [6.07, 6.45) is -0.498. The molecule has 0 amide bonds. The van der Waals surface area contributed by atoms with Crippen molar-refractivity contribution < 1.29 is 24.3 Å². The smallest absolute Gasteiger partial charge is 0.329 e. The number of hydrogen-bond acceptors (Lipinski definition) is 3. The molecule has 0 aliphatic carbocycles. The predicted octanol–water partition coefficient (Wildman–Crippen LogP) is 2.64. The number of nitrogens with two attached hydrogens (primary N) is 1. The van der Waals surface area contributed by atoms with Gasteiger partial charge >= 0.3 is 13.6 Å². The lowest BCUT2D eigenvalue weighted by Gasteiger charge is -2.15. The van der Waals surface area contributed by atoms with E-state index in [2.05, 4.69) is 0 Å². The lowest BCUT2D eigenvalue weighted by atomic mass is 9.97. The molecule has 0 bridgehead atoms. The maximum absolute atomic E-state index is 11.3. The second kappa shape index (κ2) is 7.47. The fourth-order valence-corrected chi connectivity index (χ4v) is 3.33. The molecule has 1 atom stereocenters. The highest BCUT2D eigenvalue weighted by Crippen LogP contribution is 2.41. The van der Waals surface area contributed by atoms with E-state index in [1.54, 1.807) is 6.07 Å². The highest BCUT2D eigenvalue weighted by molar-refractivity contribution is 7.50. The van der Waals surface area contributed by atoms with Gasteiger partial charge in [0.25, 0.3) is 0 Å². The summed E-state index contributed by atoms with van der Waals surface area (Å²) in [6, 6.07) is 11.0. The zero-order valence-corrected chi connectivity index (χ0v) is 14.2. The minimum absolute atomic E-state index is 0.0387. The Bertz CT molecular complexity index is 791. The average molecular weight is 370 g/mol. The second-order valence-electron chi connectivity index (χ2n) is 5.45. The predicted molar refractivity (Wildman–Crippen MR) is 92.0 cm³/mol. The quantitative estimate of drug-likeness (QED) is 0.581. The molecule has 0 saturated heterocycles. The van der Waals surface area contributed by atoms with Crippen LogP contribution in [0.5, 0.6) is 0 Å². The SMILES string of the molecule is N[C@@H](Cc1cc(CP(=O)(O)O)cc(-c2ccccc2)c1Cl)C(=O)O. The molecule has 128 valence electrons. The minimum atomic E-state index is -4.28. The van der Waals surface area contributed by atoms with Gasteiger partial charge in [-0.25, -0.2) is 0 Å². The minimum Gasteiger partial charge on any atom is -0.480 e. The van der Waals surface area contributed by atoms with Crippen molar-refractivity contribution in [1.82, 2.24) is 0 Å². The second-order valence-corrected chi connectivity index (χ2v) is 7.48. The largest absolute Gasteiger partial charge is 0.480 e. The maximum Gasteiger partial charge on any atom is 0.329 e. The van der Waals surface area contributed by atoms with E-state index < -0.39 is 25.8 Å². The van der Waals surface area contributed by atoms with Gasteiger partial charge in [0.1, 0.15) is 6.04 Å². The van der Waals surface area contributed by atoms with Crippen LogP contribution in [-0.2, 0) is 21.9 Å². The summed E-state index contributed by atoms with van der Waals surface area (Å²) in [5.41, 5.74) is 7.73. The zero-order chi connectivity index (χ0) is 17.9. The number of rotatable bonds is 6. The number of benzene rings is 2. The molecule has 0 spiro atoms. The molecule has 2 rings (SSSR count). The van der Waals surface area contributed by atoms with Gasteiger partial charge in [0.15, 0.2) is 0 Å². The van der Waals surface area contributed by atoms with Gasteiger partial charge in [0, 0.05) is 5.56 Å². The molecule has 0 unspecified atom stereocenters. The number of aliphatic carboxylic acids is 1. The fraction of sp³-hybridized carbons (Fsp3) is 0.188. The summed E-state index contributed by atoms with van der Waals surface area (Å²) in [7, 11) is -4.28. The summed E-state index contributed by atoms with van der Waals surface area (Å²) >= 11 is 6.39. The first-order valence-corrected chi connectivity index (χ1v) is 9.24. The summed E-state index contributed by atoms with van der Waals surface area (Å²) in [6.45, 7) is 0. The van der Waals surface area contributed by atoms with Crippen LogP contribution in [0, 0.1) is 0 Å².